The van der Waals surface area contributed by atoms with Gasteiger partial charge in [-0.15, -0.1) is 0 Å². The molecule has 0 aliphatic heterocycles. The standard InChI is InChI=1S/C24H22F2N6O/c25-14-10-18-17(7-8-20(18)28-12-14)22-29-13-19(26)23(32-22)30-15-4-3-5-16(11-15)31-24(33)21-6-1-2-9-27-21/h1-2,6-7,9-10,12-13,15-16H,3-5,8,11H2,(H,31,33)(H,29,30,32)/t15-,16+/m1/s1. The Kier molecular flexibility index (Phi) is 5.77. The van der Waals surface area contributed by atoms with Crippen LogP contribution < -0.4 is 10.6 Å². The molecule has 2 atom stereocenters. The SMILES string of the molecule is O=C(N[C@H]1CCC[C@@H](Nc2nc(C3=CCc4ncc(F)cc43)ncc2F)C1)c1ccccn1. The first-order chi connectivity index (χ1) is 16.1. The molecule has 0 radical (unpaired) electrons. The van der Waals surface area contributed by atoms with Crippen LogP contribution in [0.15, 0.2) is 48.9 Å². The number of hydrogen-bond donors (Lipinski definition) is 2. The third kappa shape index (κ3) is 4.57. The molecule has 0 saturated heterocycles. The lowest BCUT2D eigenvalue weighted by Crippen LogP contribution is -2.42. The van der Waals surface area contributed by atoms with Gasteiger partial charge in [0.15, 0.2) is 17.5 Å². The molecule has 2 aliphatic carbocycles. The summed E-state index contributed by atoms with van der Waals surface area (Å²) in [6, 6.07) is 6.49. The molecule has 3 aromatic rings. The maximum absolute atomic E-state index is 14.5. The lowest BCUT2D eigenvalue weighted by Gasteiger charge is -2.30. The van der Waals surface area contributed by atoms with Crippen molar-refractivity contribution in [3.8, 4) is 0 Å². The molecular weight excluding hydrogens is 426 g/mol. The van der Waals surface area contributed by atoms with Gasteiger partial charge in [-0.2, -0.15) is 0 Å². The predicted octanol–water partition coefficient (Wildman–Crippen LogP) is 3.69. The number of carbonyl (C=O) groups is 1. The third-order valence-electron chi connectivity index (χ3n) is 5.96. The fourth-order valence-corrected chi connectivity index (χ4v) is 4.38. The van der Waals surface area contributed by atoms with Crippen LogP contribution in [0.4, 0.5) is 14.6 Å². The van der Waals surface area contributed by atoms with Crippen molar-refractivity contribution in [3.63, 3.8) is 0 Å². The molecule has 3 heterocycles. The van der Waals surface area contributed by atoms with Crippen molar-refractivity contribution in [1.29, 1.82) is 0 Å². The summed E-state index contributed by atoms with van der Waals surface area (Å²) in [5.41, 5.74) is 2.38. The van der Waals surface area contributed by atoms with Gasteiger partial charge in [-0.1, -0.05) is 12.1 Å². The normalized spacial score (nSPS) is 19.5. The van der Waals surface area contributed by atoms with E-state index in [1.807, 2.05) is 6.08 Å². The van der Waals surface area contributed by atoms with Gasteiger partial charge < -0.3 is 10.6 Å². The van der Waals surface area contributed by atoms with Gasteiger partial charge in [0.05, 0.1) is 18.1 Å². The Balaban J connectivity index is 1.29. The number of pyridine rings is 2. The van der Waals surface area contributed by atoms with Gasteiger partial charge in [0.2, 0.25) is 0 Å². The molecule has 1 amide bonds. The maximum atomic E-state index is 14.5. The molecule has 33 heavy (non-hydrogen) atoms. The van der Waals surface area contributed by atoms with Crippen molar-refractivity contribution in [2.45, 2.75) is 44.2 Å². The van der Waals surface area contributed by atoms with E-state index in [0.717, 1.165) is 31.2 Å². The highest BCUT2D eigenvalue weighted by Crippen LogP contribution is 2.31. The van der Waals surface area contributed by atoms with E-state index >= 15 is 0 Å². The van der Waals surface area contributed by atoms with E-state index in [9.17, 15) is 13.6 Å². The van der Waals surface area contributed by atoms with E-state index < -0.39 is 11.6 Å². The molecule has 3 aromatic heterocycles. The summed E-state index contributed by atoms with van der Waals surface area (Å²) < 4.78 is 28.2. The molecule has 0 bridgehead atoms. The zero-order valence-corrected chi connectivity index (χ0v) is 17.8. The monoisotopic (exact) mass is 448 g/mol. The van der Waals surface area contributed by atoms with Crippen LogP contribution in [-0.2, 0) is 6.42 Å². The van der Waals surface area contributed by atoms with Crippen molar-refractivity contribution in [3.05, 3.63) is 83.3 Å². The fourth-order valence-electron chi connectivity index (χ4n) is 4.38. The first-order valence-corrected chi connectivity index (χ1v) is 10.9. The zero-order valence-electron chi connectivity index (χ0n) is 17.8. The number of aromatic nitrogens is 4. The number of anilines is 1. The Labute approximate surface area is 189 Å². The number of halogens is 2. The van der Waals surface area contributed by atoms with Crippen LogP contribution in [0.5, 0.6) is 0 Å². The van der Waals surface area contributed by atoms with Crippen LogP contribution in [-0.4, -0.2) is 37.9 Å². The Morgan fingerprint density at radius 2 is 1.94 bits per heavy atom. The second kappa shape index (κ2) is 9.01. The molecule has 2 aliphatic rings. The molecule has 2 N–H and O–H groups in total. The molecular formula is C24H22F2N6O. The first kappa shape index (κ1) is 21.1. The van der Waals surface area contributed by atoms with Crippen LogP contribution in [0.3, 0.4) is 0 Å². The van der Waals surface area contributed by atoms with Gasteiger partial charge in [-0.3, -0.25) is 14.8 Å². The summed E-state index contributed by atoms with van der Waals surface area (Å²) in [4.78, 5) is 29.1. The molecule has 0 aromatic carbocycles. The molecule has 9 heteroatoms. The van der Waals surface area contributed by atoms with Crippen molar-refractivity contribution >= 4 is 17.3 Å². The fraction of sp³-hybridized carbons (Fsp3) is 0.292. The van der Waals surface area contributed by atoms with Crippen LogP contribution in [0.1, 0.15) is 53.3 Å². The Morgan fingerprint density at radius 3 is 2.79 bits per heavy atom. The molecule has 0 spiro atoms. The highest BCUT2D eigenvalue weighted by Gasteiger charge is 2.26. The van der Waals surface area contributed by atoms with Gasteiger partial charge >= 0.3 is 0 Å². The molecule has 1 fully saturated rings. The van der Waals surface area contributed by atoms with E-state index in [1.165, 1.54) is 12.3 Å². The second-order valence-corrected chi connectivity index (χ2v) is 8.25. The third-order valence-corrected chi connectivity index (χ3v) is 5.96. The molecule has 168 valence electrons. The number of nitrogens with one attached hydrogen (secondary N) is 2. The maximum Gasteiger partial charge on any atom is 0.270 e. The van der Waals surface area contributed by atoms with E-state index in [2.05, 4.69) is 30.6 Å². The van der Waals surface area contributed by atoms with E-state index in [1.54, 1.807) is 24.4 Å². The Morgan fingerprint density at radius 1 is 1.06 bits per heavy atom. The van der Waals surface area contributed by atoms with Gasteiger partial charge in [0.25, 0.3) is 5.91 Å². The topological polar surface area (TPSA) is 92.7 Å². The van der Waals surface area contributed by atoms with Crippen molar-refractivity contribution in [2.24, 2.45) is 0 Å². The van der Waals surface area contributed by atoms with Crippen LogP contribution in [0, 0.1) is 11.6 Å². The second-order valence-electron chi connectivity index (χ2n) is 8.25. The summed E-state index contributed by atoms with van der Waals surface area (Å²) >= 11 is 0. The van der Waals surface area contributed by atoms with Crippen LogP contribution in [0.25, 0.3) is 5.57 Å². The number of hydrogen-bond acceptors (Lipinski definition) is 6. The van der Waals surface area contributed by atoms with Crippen molar-refractivity contribution in [1.82, 2.24) is 25.3 Å². The predicted molar refractivity (Wildman–Crippen MR) is 118 cm³/mol. The largest absolute Gasteiger partial charge is 0.365 e. The lowest BCUT2D eigenvalue weighted by molar-refractivity contribution is 0.0921. The number of nitrogens with zero attached hydrogens (tertiary/aromatic N) is 4. The average molecular weight is 448 g/mol. The first-order valence-electron chi connectivity index (χ1n) is 10.9. The van der Waals surface area contributed by atoms with Crippen molar-refractivity contribution in [2.75, 3.05) is 5.32 Å². The quantitative estimate of drug-likeness (QED) is 0.619. The van der Waals surface area contributed by atoms with Gasteiger partial charge in [-0.25, -0.2) is 18.7 Å². The van der Waals surface area contributed by atoms with Gasteiger partial charge in [0.1, 0.15) is 11.5 Å². The van der Waals surface area contributed by atoms with Gasteiger partial charge in [-0.05, 0) is 43.9 Å². The van der Waals surface area contributed by atoms with Crippen molar-refractivity contribution < 1.29 is 13.6 Å². The Hall–Kier alpha value is -3.75. The summed E-state index contributed by atoms with van der Waals surface area (Å²) in [5.74, 6) is -0.803. The number of carbonyl (C=O) groups excluding carboxylic acids is 1. The summed E-state index contributed by atoms with van der Waals surface area (Å²) in [7, 11) is 0. The molecule has 5 rings (SSSR count). The summed E-state index contributed by atoms with van der Waals surface area (Å²) in [6.45, 7) is 0. The van der Waals surface area contributed by atoms with E-state index in [-0.39, 0.29) is 23.8 Å². The summed E-state index contributed by atoms with van der Waals surface area (Å²) in [6.07, 6.45) is 9.50. The van der Waals surface area contributed by atoms with Crippen LogP contribution in [0.2, 0.25) is 0 Å². The minimum atomic E-state index is -0.561. The summed E-state index contributed by atoms with van der Waals surface area (Å²) in [5, 5.41) is 6.20. The van der Waals surface area contributed by atoms with Gasteiger partial charge in [0, 0.05) is 35.8 Å². The average Bonchev–Trinajstić information content (AvgIpc) is 3.24. The zero-order chi connectivity index (χ0) is 22.8. The lowest BCUT2D eigenvalue weighted by atomic mass is 9.91. The Bertz CT molecular complexity index is 1220. The highest BCUT2D eigenvalue weighted by molar-refractivity contribution is 5.92. The molecule has 7 nitrogen and oxygen atoms in total. The number of allylic oxidation sites excluding steroid dienone is 1. The van der Waals surface area contributed by atoms with E-state index in [0.29, 0.717) is 35.5 Å². The molecule has 0 unspecified atom stereocenters. The minimum absolute atomic E-state index is 0.0476. The van der Waals surface area contributed by atoms with E-state index in [4.69, 9.17) is 0 Å². The number of rotatable bonds is 5. The number of amides is 1. The number of fused-ring (bicyclic) bond motifs is 1. The minimum Gasteiger partial charge on any atom is -0.365 e. The highest BCUT2D eigenvalue weighted by atomic mass is 19.1. The van der Waals surface area contributed by atoms with Crippen LogP contribution >= 0.6 is 0 Å². The molecule has 1 saturated carbocycles. The smallest absolute Gasteiger partial charge is 0.270 e.